The van der Waals surface area contributed by atoms with Crippen molar-refractivity contribution in [3.05, 3.63) is 36.1 Å². The van der Waals surface area contributed by atoms with Crippen molar-refractivity contribution in [2.24, 2.45) is 0 Å². The predicted molar refractivity (Wildman–Crippen MR) is 72.2 cm³/mol. The number of hydrogen-bond acceptors (Lipinski definition) is 6. The van der Waals surface area contributed by atoms with Crippen molar-refractivity contribution in [3.8, 4) is 11.1 Å². The Hall–Kier alpha value is -2.74. The molecule has 0 spiro atoms. The summed E-state index contributed by atoms with van der Waals surface area (Å²) in [7, 11) is 0. The number of hydrogen-bond donors (Lipinski definition) is 1. The summed E-state index contributed by atoms with van der Waals surface area (Å²) in [5, 5.41) is 12.5. The van der Waals surface area contributed by atoms with Crippen molar-refractivity contribution >= 4 is 28.8 Å². The third kappa shape index (κ3) is 1.39. The second-order valence-corrected chi connectivity index (χ2v) is 4.51. The Kier molecular flexibility index (Phi) is 2.15. The number of rotatable bonds is 1. The maximum atomic E-state index is 6.07. The fraction of sp³-hybridized carbons (Fsp3) is 0. The van der Waals surface area contributed by atoms with Gasteiger partial charge >= 0.3 is 0 Å². The van der Waals surface area contributed by atoms with E-state index in [9.17, 15) is 0 Å². The summed E-state index contributed by atoms with van der Waals surface area (Å²) in [5.74, 6) is 0.320. The summed E-state index contributed by atoms with van der Waals surface area (Å²) in [4.78, 5) is 8.36. The van der Waals surface area contributed by atoms with E-state index in [2.05, 4.69) is 25.3 Å². The third-order valence-corrected chi connectivity index (χ3v) is 3.32. The van der Waals surface area contributed by atoms with Gasteiger partial charge < -0.3 is 5.73 Å². The van der Waals surface area contributed by atoms with Crippen LogP contribution in [0.4, 0.5) is 5.95 Å². The highest BCUT2D eigenvalue weighted by molar-refractivity contribution is 6.29. The van der Waals surface area contributed by atoms with E-state index in [-0.39, 0.29) is 0 Å². The average molecular weight is 287 g/mol. The van der Waals surface area contributed by atoms with E-state index in [1.165, 1.54) is 12.7 Å². The van der Waals surface area contributed by atoms with Gasteiger partial charge in [0, 0.05) is 17.3 Å². The number of aromatic nitrogens is 7. The third-order valence-electron chi connectivity index (χ3n) is 3.03. The Bertz CT molecular complexity index is 862. The van der Waals surface area contributed by atoms with Crippen LogP contribution in [0.15, 0.2) is 31.0 Å². The van der Waals surface area contributed by atoms with Gasteiger partial charge in [-0.05, 0) is 12.1 Å². The molecular weight excluding hydrogens is 280 g/mol. The number of anilines is 1. The highest BCUT2D eigenvalue weighted by Gasteiger charge is 2.14. The molecule has 0 aliphatic rings. The van der Waals surface area contributed by atoms with Crippen molar-refractivity contribution < 1.29 is 0 Å². The molecule has 0 fully saturated rings. The van der Waals surface area contributed by atoms with Gasteiger partial charge in [-0.15, -0.1) is 10.2 Å². The lowest BCUT2D eigenvalue weighted by Gasteiger charge is -2.06. The first kappa shape index (κ1) is 11.1. The van der Waals surface area contributed by atoms with E-state index in [1.807, 2.05) is 6.07 Å². The second kappa shape index (κ2) is 3.87. The highest BCUT2D eigenvalue weighted by Crippen LogP contribution is 2.28. The Balaban J connectivity index is 2.12. The first-order chi connectivity index (χ1) is 9.75. The quantitative estimate of drug-likeness (QED) is 0.525. The molecule has 0 saturated heterocycles. The second-order valence-electron chi connectivity index (χ2n) is 4.12. The number of pyridine rings is 1. The molecular formula is C11H7ClN8. The van der Waals surface area contributed by atoms with Gasteiger partial charge in [-0.2, -0.15) is 5.10 Å². The normalized spacial score (nSPS) is 11.4. The minimum Gasteiger partial charge on any atom is -0.369 e. The maximum Gasteiger partial charge on any atom is 0.207 e. The lowest BCUT2D eigenvalue weighted by atomic mass is 10.1. The van der Waals surface area contributed by atoms with Crippen molar-refractivity contribution in [2.45, 2.75) is 0 Å². The Morgan fingerprint density at radius 3 is 2.90 bits per heavy atom. The molecule has 0 radical (unpaired) electrons. The van der Waals surface area contributed by atoms with Gasteiger partial charge in [0.2, 0.25) is 5.95 Å². The SMILES string of the molecule is Nc1ncc(-c2ccc(Cl)n3ncnc23)c2nncn12. The van der Waals surface area contributed by atoms with E-state index in [1.54, 1.807) is 21.2 Å². The van der Waals surface area contributed by atoms with Crippen molar-refractivity contribution in [1.82, 2.24) is 34.2 Å². The van der Waals surface area contributed by atoms with Crippen LogP contribution < -0.4 is 5.73 Å². The zero-order chi connectivity index (χ0) is 13.7. The van der Waals surface area contributed by atoms with Gasteiger partial charge in [-0.3, -0.25) is 4.40 Å². The Morgan fingerprint density at radius 1 is 1.10 bits per heavy atom. The largest absolute Gasteiger partial charge is 0.369 e. The molecule has 9 heteroatoms. The molecule has 0 unspecified atom stereocenters. The molecule has 4 heterocycles. The van der Waals surface area contributed by atoms with Crippen LogP contribution in [0.2, 0.25) is 5.15 Å². The summed E-state index contributed by atoms with van der Waals surface area (Å²) in [6.45, 7) is 0. The van der Waals surface area contributed by atoms with E-state index in [0.717, 1.165) is 11.1 Å². The van der Waals surface area contributed by atoms with Gasteiger partial charge in [0.1, 0.15) is 17.8 Å². The number of nitrogens with two attached hydrogens (primary N) is 1. The van der Waals surface area contributed by atoms with Gasteiger partial charge in [0.15, 0.2) is 11.3 Å². The molecule has 20 heavy (non-hydrogen) atoms. The van der Waals surface area contributed by atoms with Crippen LogP contribution in [-0.4, -0.2) is 34.2 Å². The molecule has 4 aromatic heterocycles. The standard InChI is InChI=1S/C11H7ClN8/c12-8-2-1-6(9-15-4-17-20(8)9)7-3-14-11(13)19-5-16-18-10(7)19/h1-5H,(H2,13,14). The molecule has 0 aromatic carbocycles. The smallest absolute Gasteiger partial charge is 0.207 e. The van der Waals surface area contributed by atoms with E-state index >= 15 is 0 Å². The van der Waals surface area contributed by atoms with Gasteiger partial charge in [-0.25, -0.2) is 14.5 Å². The highest BCUT2D eigenvalue weighted by atomic mass is 35.5. The summed E-state index contributed by atoms with van der Waals surface area (Å²) >= 11 is 6.07. The molecule has 0 saturated carbocycles. The van der Waals surface area contributed by atoms with Crippen LogP contribution in [0.3, 0.4) is 0 Å². The Morgan fingerprint density at radius 2 is 2.00 bits per heavy atom. The van der Waals surface area contributed by atoms with Crippen LogP contribution >= 0.6 is 11.6 Å². The fourth-order valence-electron chi connectivity index (χ4n) is 2.12. The summed E-state index contributed by atoms with van der Waals surface area (Å²) < 4.78 is 3.15. The van der Waals surface area contributed by atoms with Crippen molar-refractivity contribution in [1.29, 1.82) is 0 Å². The van der Waals surface area contributed by atoms with Gasteiger partial charge in [0.25, 0.3) is 0 Å². The number of fused-ring (bicyclic) bond motifs is 2. The first-order valence-electron chi connectivity index (χ1n) is 5.68. The molecule has 0 aliphatic carbocycles. The van der Waals surface area contributed by atoms with Crippen LogP contribution in [0.1, 0.15) is 0 Å². The summed E-state index contributed by atoms with van der Waals surface area (Å²) in [6, 6.07) is 3.58. The molecule has 0 atom stereocenters. The number of nitrogen functional groups attached to an aromatic ring is 1. The maximum absolute atomic E-state index is 6.07. The van der Waals surface area contributed by atoms with Crippen LogP contribution in [-0.2, 0) is 0 Å². The first-order valence-corrected chi connectivity index (χ1v) is 6.06. The predicted octanol–water partition coefficient (Wildman–Crippen LogP) is 1.07. The van der Waals surface area contributed by atoms with Crippen LogP contribution in [0, 0.1) is 0 Å². The molecule has 0 aliphatic heterocycles. The van der Waals surface area contributed by atoms with E-state index < -0.39 is 0 Å². The van der Waals surface area contributed by atoms with Gasteiger partial charge in [0.05, 0.1) is 0 Å². The topological polar surface area (TPSA) is 99.3 Å². The fourth-order valence-corrected chi connectivity index (χ4v) is 2.30. The lowest BCUT2D eigenvalue weighted by Crippen LogP contribution is -2.01. The van der Waals surface area contributed by atoms with Crippen molar-refractivity contribution in [2.75, 3.05) is 5.73 Å². The molecule has 0 amide bonds. The zero-order valence-electron chi connectivity index (χ0n) is 9.97. The van der Waals surface area contributed by atoms with Crippen molar-refractivity contribution in [3.63, 3.8) is 0 Å². The van der Waals surface area contributed by atoms with Crippen LogP contribution in [0.5, 0.6) is 0 Å². The summed E-state index contributed by atoms with van der Waals surface area (Å²) in [5.41, 5.74) is 8.56. The van der Waals surface area contributed by atoms with Gasteiger partial charge in [-0.1, -0.05) is 11.6 Å². The van der Waals surface area contributed by atoms with Crippen LogP contribution in [0.25, 0.3) is 22.4 Å². The number of halogens is 1. The Labute approximate surface area is 116 Å². The minimum atomic E-state index is 0.320. The average Bonchev–Trinajstić information content (AvgIpc) is 3.09. The van der Waals surface area contributed by atoms with E-state index in [0.29, 0.717) is 22.4 Å². The minimum absolute atomic E-state index is 0.320. The summed E-state index contributed by atoms with van der Waals surface area (Å²) in [6.07, 6.45) is 4.59. The molecule has 98 valence electrons. The molecule has 8 nitrogen and oxygen atoms in total. The molecule has 2 N–H and O–H groups in total. The molecule has 4 rings (SSSR count). The van der Waals surface area contributed by atoms with E-state index in [4.69, 9.17) is 17.3 Å². The zero-order valence-corrected chi connectivity index (χ0v) is 10.7. The monoisotopic (exact) mass is 286 g/mol. The molecule has 0 bridgehead atoms. The molecule has 4 aromatic rings. The number of nitrogens with zero attached hydrogens (tertiary/aromatic N) is 7. The lowest BCUT2D eigenvalue weighted by molar-refractivity contribution is 0.962.